The number of nitrogens with zero attached hydrogens (tertiary/aromatic N) is 2. The normalized spacial score (nSPS) is 11.3. The first-order valence-corrected chi connectivity index (χ1v) is 10.9. The minimum absolute atomic E-state index is 0.303. The lowest BCUT2D eigenvalue weighted by atomic mass is 10.1. The number of carbonyl (C=O) groups is 1. The third-order valence-corrected chi connectivity index (χ3v) is 5.53. The predicted molar refractivity (Wildman–Crippen MR) is 131 cm³/mol. The van der Waals surface area contributed by atoms with Crippen LogP contribution in [0.2, 0.25) is 10.0 Å². The Balaban J connectivity index is 1.37. The quantitative estimate of drug-likeness (QED) is 0.248. The van der Waals surface area contributed by atoms with Crippen molar-refractivity contribution in [2.24, 2.45) is 5.10 Å². The molecule has 0 aliphatic heterocycles. The van der Waals surface area contributed by atoms with Crippen LogP contribution in [0.1, 0.15) is 28.5 Å². The molecule has 1 amide bonds. The molecule has 0 radical (unpaired) electrons. The van der Waals surface area contributed by atoms with E-state index in [0.717, 1.165) is 16.7 Å². The van der Waals surface area contributed by atoms with Crippen LogP contribution in [0.4, 0.5) is 0 Å². The molecule has 0 unspecified atom stereocenters. The van der Waals surface area contributed by atoms with E-state index in [1.54, 1.807) is 25.1 Å². The number of halogens is 2. The van der Waals surface area contributed by atoms with Gasteiger partial charge in [-0.1, -0.05) is 53.5 Å². The molecule has 0 aliphatic carbocycles. The molecular formula is C25H20Cl2N4O2. The number of nitrogens with one attached hydrogen (secondary N) is 2. The van der Waals surface area contributed by atoms with Crippen LogP contribution in [0.5, 0.6) is 5.75 Å². The summed E-state index contributed by atoms with van der Waals surface area (Å²) in [7, 11) is 0. The Morgan fingerprint density at radius 1 is 1.03 bits per heavy atom. The fourth-order valence-electron chi connectivity index (χ4n) is 3.03. The van der Waals surface area contributed by atoms with Crippen LogP contribution in [-0.2, 0) is 6.61 Å². The van der Waals surface area contributed by atoms with E-state index < -0.39 is 0 Å². The van der Waals surface area contributed by atoms with Crippen molar-refractivity contribution in [1.82, 2.24) is 15.6 Å². The van der Waals surface area contributed by atoms with Gasteiger partial charge in [0.25, 0.3) is 5.91 Å². The second kappa shape index (κ2) is 10.3. The van der Waals surface area contributed by atoms with E-state index >= 15 is 0 Å². The van der Waals surface area contributed by atoms with Gasteiger partial charge in [0.05, 0.1) is 11.4 Å². The average molecular weight is 479 g/mol. The highest BCUT2D eigenvalue weighted by Crippen LogP contribution is 2.23. The van der Waals surface area contributed by atoms with Gasteiger partial charge in [-0.15, -0.1) is 0 Å². The van der Waals surface area contributed by atoms with Crippen LogP contribution in [0, 0.1) is 0 Å². The number of aromatic amines is 1. The largest absolute Gasteiger partial charge is 0.489 e. The SMILES string of the molecule is CC(=NNC(=O)c1cc(-c2ccc(OCc3ccccc3Cl)cc2)n[nH]1)c1ccc(Cl)cc1. The fraction of sp³-hybridized carbons (Fsp3) is 0.0800. The Hall–Kier alpha value is -3.61. The topological polar surface area (TPSA) is 79.4 Å². The van der Waals surface area contributed by atoms with E-state index in [0.29, 0.717) is 39.5 Å². The molecule has 166 valence electrons. The van der Waals surface area contributed by atoms with Gasteiger partial charge in [-0.05, 0) is 61.0 Å². The third-order valence-electron chi connectivity index (χ3n) is 4.91. The Morgan fingerprint density at radius 2 is 1.76 bits per heavy atom. The van der Waals surface area contributed by atoms with E-state index in [1.165, 1.54) is 0 Å². The zero-order chi connectivity index (χ0) is 23.2. The summed E-state index contributed by atoms with van der Waals surface area (Å²) in [5, 5.41) is 12.4. The Kier molecular flexibility index (Phi) is 7.07. The summed E-state index contributed by atoms with van der Waals surface area (Å²) in [6.45, 7) is 2.18. The van der Waals surface area contributed by atoms with Gasteiger partial charge in [0.2, 0.25) is 0 Å². The maximum atomic E-state index is 12.4. The van der Waals surface area contributed by atoms with Gasteiger partial charge >= 0.3 is 0 Å². The minimum atomic E-state index is -0.387. The Morgan fingerprint density at radius 3 is 2.48 bits per heavy atom. The molecule has 0 spiro atoms. The van der Waals surface area contributed by atoms with Crippen molar-refractivity contribution in [2.75, 3.05) is 0 Å². The zero-order valence-corrected chi connectivity index (χ0v) is 19.2. The van der Waals surface area contributed by atoms with Gasteiger partial charge in [0, 0.05) is 21.2 Å². The lowest BCUT2D eigenvalue weighted by molar-refractivity contribution is 0.0950. The van der Waals surface area contributed by atoms with Crippen LogP contribution < -0.4 is 10.2 Å². The molecule has 1 aromatic heterocycles. The van der Waals surface area contributed by atoms with Crippen LogP contribution >= 0.6 is 23.2 Å². The highest BCUT2D eigenvalue weighted by atomic mass is 35.5. The summed E-state index contributed by atoms with van der Waals surface area (Å²) in [6, 6.07) is 23.9. The maximum absolute atomic E-state index is 12.4. The highest BCUT2D eigenvalue weighted by Gasteiger charge is 2.11. The third kappa shape index (κ3) is 5.80. The fourth-order valence-corrected chi connectivity index (χ4v) is 3.35. The van der Waals surface area contributed by atoms with E-state index in [-0.39, 0.29) is 5.91 Å². The van der Waals surface area contributed by atoms with Crippen molar-refractivity contribution >= 4 is 34.8 Å². The lowest BCUT2D eigenvalue weighted by Crippen LogP contribution is -2.19. The van der Waals surface area contributed by atoms with Crippen LogP contribution in [0.3, 0.4) is 0 Å². The van der Waals surface area contributed by atoms with Gasteiger partial charge in [-0.25, -0.2) is 5.43 Å². The van der Waals surface area contributed by atoms with Crippen LogP contribution in [-0.4, -0.2) is 21.8 Å². The molecule has 0 saturated heterocycles. The molecule has 2 N–H and O–H groups in total. The molecule has 1 heterocycles. The lowest BCUT2D eigenvalue weighted by Gasteiger charge is -2.08. The van der Waals surface area contributed by atoms with E-state index in [9.17, 15) is 4.79 Å². The molecule has 8 heteroatoms. The molecular weight excluding hydrogens is 459 g/mol. The van der Waals surface area contributed by atoms with Gasteiger partial charge in [0.1, 0.15) is 18.1 Å². The van der Waals surface area contributed by atoms with E-state index in [1.807, 2.05) is 60.7 Å². The number of hydrogen-bond acceptors (Lipinski definition) is 4. The van der Waals surface area contributed by atoms with Gasteiger partial charge < -0.3 is 4.74 Å². The summed E-state index contributed by atoms with van der Waals surface area (Å²) >= 11 is 12.1. The first-order chi connectivity index (χ1) is 16.0. The number of aromatic nitrogens is 2. The highest BCUT2D eigenvalue weighted by molar-refractivity contribution is 6.31. The molecule has 4 rings (SSSR count). The van der Waals surface area contributed by atoms with Crippen molar-refractivity contribution in [3.63, 3.8) is 0 Å². The molecule has 0 atom stereocenters. The molecule has 0 aliphatic rings. The predicted octanol–water partition coefficient (Wildman–Crippen LogP) is 6.12. The molecule has 0 bridgehead atoms. The van der Waals surface area contributed by atoms with Gasteiger partial charge in [-0.2, -0.15) is 10.2 Å². The number of rotatable bonds is 7. The van der Waals surface area contributed by atoms with E-state index in [2.05, 4.69) is 20.7 Å². The standard InChI is InChI=1S/C25H20Cl2N4O2/c1-16(17-6-10-20(26)11-7-17)28-31-25(32)24-14-23(29-30-24)18-8-12-21(13-9-18)33-15-19-4-2-3-5-22(19)27/h2-14H,15H2,1H3,(H,29,30)(H,31,32). The van der Waals surface area contributed by atoms with Crippen molar-refractivity contribution in [1.29, 1.82) is 0 Å². The summed E-state index contributed by atoms with van der Waals surface area (Å²) in [6.07, 6.45) is 0. The molecule has 0 saturated carbocycles. The number of hydrazone groups is 1. The number of carbonyl (C=O) groups excluding carboxylic acids is 1. The van der Waals surface area contributed by atoms with Gasteiger partial charge in [-0.3, -0.25) is 9.89 Å². The molecule has 0 fully saturated rings. The maximum Gasteiger partial charge on any atom is 0.289 e. The molecule has 4 aromatic rings. The number of H-pyrrole nitrogens is 1. The van der Waals surface area contributed by atoms with Crippen molar-refractivity contribution in [3.05, 3.63) is 106 Å². The second-order valence-corrected chi connectivity index (χ2v) is 8.06. The Bertz CT molecular complexity index is 1280. The Labute approximate surface area is 201 Å². The van der Waals surface area contributed by atoms with Crippen molar-refractivity contribution in [3.8, 4) is 17.0 Å². The first-order valence-electron chi connectivity index (χ1n) is 10.1. The summed E-state index contributed by atoms with van der Waals surface area (Å²) in [5.74, 6) is 0.320. The monoisotopic (exact) mass is 478 g/mol. The summed E-state index contributed by atoms with van der Waals surface area (Å²) < 4.78 is 5.81. The second-order valence-electron chi connectivity index (χ2n) is 7.22. The molecule has 3 aromatic carbocycles. The molecule has 6 nitrogen and oxygen atoms in total. The van der Waals surface area contributed by atoms with Crippen LogP contribution in [0.15, 0.2) is 84.0 Å². The van der Waals surface area contributed by atoms with Crippen molar-refractivity contribution in [2.45, 2.75) is 13.5 Å². The number of ether oxygens (including phenoxy) is 1. The smallest absolute Gasteiger partial charge is 0.289 e. The number of amides is 1. The van der Waals surface area contributed by atoms with Crippen molar-refractivity contribution < 1.29 is 9.53 Å². The van der Waals surface area contributed by atoms with E-state index in [4.69, 9.17) is 27.9 Å². The minimum Gasteiger partial charge on any atom is -0.489 e. The average Bonchev–Trinajstić information content (AvgIpc) is 3.33. The number of hydrogen-bond donors (Lipinski definition) is 2. The van der Waals surface area contributed by atoms with Gasteiger partial charge in [0.15, 0.2) is 0 Å². The summed E-state index contributed by atoms with van der Waals surface area (Å²) in [5.41, 5.74) is 6.76. The zero-order valence-electron chi connectivity index (χ0n) is 17.7. The first kappa shape index (κ1) is 22.6. The molecule has 33 heavy (non-hydrogen) atoms. The number of benzene rings is 3. The van der Waals surface area contributed by atoms with Crippen LogP contribution in [0.25, 0.3) is 11.3 Å². The summed E-state index contributed by atoms with van der Waals surface area (Å²) in [4.78, 5) is 12.4.